The number of nitrogens with zero attached hydrogens (tertiary/aromatic N) is 1. The number of carboxylic acids is 1. The molecule has 0 spiro atoms. The molecule has 1 saturated heterocycles. The minimum Gasteiger partial charge on any atom is -0.495 e. The summed E-state index contributed by atoms with van der Waals surface area (Å²) in [6.45, 7) is 1.76. The predicted octanol–water partition coefficient (Wildman–Crippen LogP) is 1.97. The van der Waals surface area contributed by atoms with Crippen LogP contribution in [0.3, 0.4) is 0 Å². The Hall–Kier alpha value is -1.91. The summed E-state index contributed by atoms with van der Waals surface area (Å²) in [5, 5.41) is 8.80. The van der Waals surface area contributed by atoms with E-state index in [1.165, 1.54) is 0 Å². The average molecular weight is 264 g/mol. The first-order valence-corrected chi connectivity index (χ1v) is 6.50. The molecule has 0 amide bonds. The van der Waals surface area contributed by atoms with Gasteiger partial charge in [0.05, 0.1) is 12.8 Å². The predicted molar refractivity (Wildman–Crippen MR) is 74.6 cm³/mol. The Morgan fingerprint density at radius 2 is 2.16 bits per heavy atom. The number of aliphatic carboxylic acids is 1. The van der Waals surface area contributed by atoms with Gasteiger partial charge in [-0.15, -0.1) is 0 Å². The molecule has 1 aromatic rings. The standard InChI is InChI=1S/C14H20N2O3/c1-19-13-9-11(2-3-12(13)15)16-6-4-10(5-7-16)8-14(17)18/h2-3,9-10H,4-8,15H2,1H3,(H,17,18). The van der Waals surface area contributed by atoms with Gasteiger partial charge in [0.2, 0.25) is 0 Å². The minimum atomic E-state index is -0.701. The summed E-state index contributed by atoms with van der Waals surface area (Å²) in [7, 11) is 1.61. The molecule has 1 aliphatic rings. The number of rotatable bonds is 4. The zero-order valence-electron chi connectivity index (χ0n) is 11.1. The van der Waals surface area contributed by atoms with Crippen LogP contribution >= 0.6 is 0 Å². The Kier molecular flexibility index (Phi) is 4.14. The maximum absolute atomic E-state index is 10.7. The fraction of sp³-hybridized carbons (Fsp3) is 0.500. The number of hydrogen-bond acceptors (Lipinski definition) is 4. The Morgan fingerprint density at radius 3 is 2.74 bits per heavy atom. The number of carbonyl (C=O) groups is 1. The zero-order valence-corrected chi connectivity index (χ0v) is 11.1. The van der Waals surface area contributed by atoms with Crippen LogP contribution in [0.1, 0.15) is 19.3 Å². The lowest BCUT2D eigenvalue weighted by molar-refractivity contribution is -0.138. The number of ether oxygens (including phenoxy) is 1. The molecule has 1 fully saturated rings. The second-order valence-electron chi connectivity index (χ2n) is 4.95. The smallest absolute Gasteiger partial charge is 0.303 e. The summed E-state index contributed by atoms with van der Waals surface area (Å²) in [6, 6.07) is 5.76. The highest BCUT2D eigenvalue weighted by atomic mass is 16.5. The minimum absolute atomic E-state index is 0.277. The first-order chi connectivity index (χ1) is 9.10. The van der Waals surface area contributed by atoms with Gasteiger partial charge in [0.15, 0.2) is 0 Å². The molecule has 0 bridgehead atoms. The highest BCUT2D eigenvalue weighted by Gasteiger charge is 2.21. The highest BCUT2D eigenvalue weighted by Crippen LogP contribution is 2.30. The van der Waals surface area contributed by atoms with Crippen LogP contribution in [0.25, 0.3) is 0 Å². The molecule has 5 nitrogen and oxygen atoms in total. The number of anilines is 2. The number of nitrogen functional groups attached to an aromatic ring is 1. The van der Waals surface area contributed by atoms with E-state index < -0.39 is 5.97 Å². The summed E-state index contributed by atoms with van der Waals surface area (Å²) in [5.41, 5.74) is 7.51. The van der Waals surface area contributed by atoms with Crippen LogP contribution < -0.4 is 15.4 Å². The maximum atomic E-state index is 10.7. The highest BCUT2D eigenvalue weighted by molar-refractivity contribution is 5.67. The van der Waals surface area contributed by atoms with Gasteiger partial charge in [0, 0.05) is 31.3 Å². The lowest BCUT2D eigenvalue weighted by Crippen LogP contribution is -2.34. The molecular weight excluding hydrogens is 244 g/mol. The summed E-state index contributed by atoms with van der Waals surface area (Å²) in [6.07, 6.45) is 2.11. The second kappa shape index (κ2) is 5.82. The molecule has 0 aliphatic carbocycles. The van der Waals surface area contributed by atoms with Crippen molar-refractivity contribution in [2.24, 2.45) is 5.92 Å². The van der Waals surface area contributed by atoms with Gasteiger partial charge in [-0.05, 0) is 30.9 Å². The molecule has 104 valence electrons. The SMILES string of the molecule is COc1cc(N2CCC(CC(=O)O)CC2)ccc1N. The molecule has 19 heavy (non-hydrogen) atoms. The van der Waals surface area contributed by atoms with E-state index in [4.69, 9.17) is 15.6 Å². The normalized spacial score (nSPS) is 16.4. The van der Waals surface area contributed by atoms with Crippen molar-refractivity contribution in [1.82, 2.24) is 0 Å². The summed E-state index contributed by atoms with van der Waals surface area (Å²) in [4.78, 5) is 12.9. The number of piperidine rings is 1. The number of carboxylic acid groups (broad SMARTS) is 1. The molecule has 0 atom stereocenters. The monoisotopic (exact) mass is 264 g/mol. The van der Waals surface area contributed by atoms with Gasteiger partial charge in [0.25, 0.3) is 0 Å². The quantitative estimate of drug-likeness (QED) is 0.813. The molecule has 1 aromatic carbocycles. The van der Waals surface area contributed by atoms with E-state index in [-0.39, 0.29) is 6.42 Å². The third kappa shape index (κ3) is 3.30. The number of methoxy groups -OCH3 is 1. The first kappa shape index (κ1) is 13.5. The van der Waals surface area contributed by atoms with Crippen molar-refractivity contribution in [3.8, 4) is 5.75 Å². The van der Waals surface area contributed by atoms with Crippen molar-refractivity contribution >= 4 is 17.3 Å². The van der Waals surface area contributed by atoms with Crippen LogP contribution in [-0.2, 0) is 4.79 Å². The van der Waals surface area contributed by atoms with E-state index in [2.05, 4.69) is 4.90 Å². The largest absolute Gasteiger partial charge is 0.495 e. The molecule has 0 unspecified atom stereocenters. The van der Waals surface area contributed by atoms with Crippen LogP contribution in [0.5, 0.6) is 5.75 Å². The number of benzene rings is 1. The Bertz CT molecular complexity index is 454. The first-order valence-electron chi connectivity index (χ1n) is 6.50. The molecule has 0 radical (unpaired) electrons. The zero-order chi connectivity index (χ0) is 13.8. The molecule has 5 heteroatoms. The van der Waals surface area contributed by atoms with Crippen LogP contribution in [-0.4, -0.2) is 31.3 Å². The van der Waals surface area contributed by atoms with Gasteiger partial charge in [-0.25, -0.2) is 0 Å². The van der Waals surface area contributed by atoms with Crippen molar-refractivity contribution in [1.29, 1.82) is 0 Å². The second-order valence-corrected chi connectivity index (χ2v) is 4.95. The Morgan fingerprint density at radius 1 is 1.47 bits per heavy atom. The van der Waals surface area contributed by atoms with Crippen molar-refractivity contribution in [2.75, 3.05) is 30.8 Å². The molecule has 0 aromatic heterocycles. The van der Waals surface area contributed by atoms with Gasteiger partial charge in [-0.3, -0.25) is 4.79 Å². The van der Waals surface area contributed by atoms with E-state index in [0.717, 1.165) is 31.6 Å². The van der Waals surface area contributed by atoms with Gasteiger partial charge < -0.3 is 20.5 Å². The summed E-state index contributed by atoms with van der Waals surface area (Å²) in [5.74, 6) is 0.280. The van der Waals surface area contributed by atoms with Gasteiger partial charge in [-0.1, -0.05) is 0 Å². The Labute approximate surface area is 113 Å². The fourth-order valence-corrected chi connectivity index (χ4v) is 2.54. The van der Waals surface area contributed by atoms with E-state index >= 15 is 0 Å². The van der Waals surface area contributed by atoms with Crippen molar-refractivity contribution in [3.63, 3.8) is 0 Å². The number of nitrogens with two attached hydrogens (primary N) is 1. The van der Waals surface area contributed by atoms with Crippen LogP contribution in [0.4, 0.5) is 11.4 Å². The average Bonchev–Trinajstić information content (AvgIpc) is 2.40. The van der Waals surface area contributed by atoms with E-state index in [1.54, 1.807) is 7.11 Å². The van der Waals surface area contributed by atoms with Crippen molar-refractivity contribution < 1.29 is 14.6 Å². The van der Waals surface area contributed by atoms with Gasteiger partial charge >= 0.3 is 5.97 Å². The van der Waals surface area contributed by atoms with Crippen LogP contribution in [0, 0.1) is 5.92 Å². The molecule has 3 N–H and O–H groups in total. The maximum Gasteiger partial charge on any atom is 0.303 e. The topological polar surface area (TPSA) is 75.8 Å². The number of hydrogen-bond donors (Lipinski definition) is 2. The lowest BCUT2D eigenvalue weighted by atomic mass is 9.93. The van der Waals surface area contributed by atoms with Gasteiger partial charge in [0.1, 0.15) is 5.75 Å². The molecule has 0 saturated carbocycles. The third-order valence-corrected chi connectivity index (χ3v) is 3.66. The van der Waals surface area contributed by atoms with Crippen molar-refractivity contribution in [2.45, 2.75) is 19.3 Å². The lowest BCUT2D eigenvalue weighted by Gasteiger charge is -2.33. The van der Waals surface area contributed by atoms with Crippen LogP contribution in [0.15, 0.2) is 18.2 Å². The van der Waals surface area contributed by atoms with E-state index in [1.807, 2.05) is 18.2 Å². The van der Waals surface area contributed by atoms with Gasteiger partial charge in [-0.2, -0.15) is 0 Å². The summed E-state index contributed by atoms with van der Waals surface area (Å²) >= 11 is 0. The van der Waals surface area contributed by atoms with E-state index in [0.29, 0.717) is 17.4 Å². The molecule has 1 heterocycles. The molecule has 1 aliphatic heterocycles. The third-order valence-electron chi connectivity index (χ3n) is 3.66. The van der Waals surface area contributed by atoms with Crippen LogP contribution in [0.2, 0.25) is 0 Å². The fourth-order valence-electron chi connectivity index (χ4n) is 2.54. The molecule has 2 rings (SSSR count). The Balaban J connectivity index is 1.99. The van der Waals surface area contributed by atoms with Crippen molar-refractivity contribution in [3.05, 3.63) is 18.2 Å². The summed E-state index contributed by atoms with van der Waals surface area (Å²) < 4.78 is 5.22. The molecular formula is C14H20N2O3. The van der Waals surface area contributed by atoms with E-state index in [9.17, 15) is 4.79 Å².